The van der Waals surface area contributed by atoms with E-state index < -0.39 is 15.8 Å². The van der Waals surface area contributed by atoms with Gasteiger partial charge in [-0.25, -0.2) is 17.5 Å². The normalized spacial score (nSPS) is 17.7. The molecule has 18 heavy (non-hydrogen) atoms. The van der Waals surface area contributed by atoms with Crippen LogP contribution in [0.2, 0.25) is 0 Å². The highest BCUT2D eigenvalue weighted by Crippen LogP contribution is 2.44. The molecule has 1 aliphatic carbocycles. The average molecular weight is 273 g/mol. The van der Waals surface area contributed by atoms with Crippen LogP contribution in [0.25, 0.3) is 0 Å². The van der Waals surface area contributed by atoms with Crippen LogP contribution >= 0.6 is 0 Å². The summed E-state index contributed by atoms with van der Waals surface area (Å²) in [5.41, 5.74) is 0.187. The number of hydrogen-bond donors (Lipinski definition) is 2. The second kappa shape index (κ2) is 4.60. The molecule has 0 heterocycles. The lowest BCUT2D eigenvalue weighted by Gasteiger charge is -2.14. The van der Waals surface area contributed by atoms with Crippen LogP contribution < -0.4 is 4.72 Å². The van der Waals surface area contributed by atoms with Crippen LogP contribution in [0.3, 0.4) is 0 Å². The van der Waals surface area contributed by atoms with E-state index in [2.05, 4.69) is 4.72 Å². The molecular weight excluding hydrogens is 257 g/mol. The first-order valence-corrected chi connectivity index (χ1v) is 7.24. The van der Waals surface area contributed by atoms with E-state index in [-0.39, 0.29) is 23.5 Å². The summed E-state index contributed by atoms with van der Waals surface area (Å²) in [6.07, 6.45) is 1.63. The van der Waals surface area contributed by atoms with Crippen LogP contribution in [0, 0.1) is 18.2 Å². The van der Waals surface area contributed by atoms with Crippen LogP contribution in [-0.4, -0.2) is 26.7 Å². The van der Waals surface area contributed by atoms with Gasteiger partial charge in [-0.3, -0.25) is 0 Å². The second-order valence-corrected chi connectivity index (χ2v) is 6.63. The minimum Gasteiger partial charge on any atom is -0.396 e. The van der Waals surface area contributed by atoms with E-state index in [1.165, 1.54) is 12.1 Å². The van der Waals surface area contributed by atoms with Gasteiger partial charge in [0.1, 0.15) is 5.82 Å². The largest absolute Gasteiger partial charge is 0.396 e. The molecule has 0 radical (unpaired) electrons. The van der Waals surface area contributed by atoms with Gasteiger partial charge in [-0.15, -0.1) is 0 Å². The van der Waals surface area contributed by atoms with Crippen molar-refractivity contribution in [1.29, 1.82) is 0 Å². The molecule has 0 unspecified atom stereocenters. The molecule has 4 nitrogen and oxygen atoms in total. The van der Waals surface area contributed by atoms with Gasteiger partial charge >= 0.3 is 0 Å². The van der Waals surface area contributed by atoms with Crippen molar-refractivity contribution in [2.75, 3.05) is 13.2 Å². The van der Waals surface area contributed by atoms with Crippen molar-refractivity contribution in [3.8, 4) is 0 Å². The Morgan fingerprint density at radius 1 is 1.44 bits per heavy atom. The Morgan fingerprint density at radius 2 is 2.11 bits per heavy atom. The zero-order valence-corrected chi connectivity index (χ0v) is 10.9. The molecule has 0 atom stereocenters. The lowest BCUT2D eigenvalue weighted by molar-refractivity contribution is 0.213. The molecule has 1 aliphatic rings. The first kappa shape index (κ1) is 13.5. The molecule has 1 aromatic rings. The third-order valence-corrected chi connectivity index (χ3v) is 4.91. The zero-order chi connectivity index (χ0) is 13.4. The maximum Gasteiger partial charge on any atom is 0.240 e. The van der Waals surface area contributed by atoms with Crippen molar-refractivity contribution >= 4 is 10.0 Å². The van der Waals surface area contributed by atoms with E-state index >= 15 is 0 Å². The predicted octanol–water partition coefficient (Wildman–Crippen LogP) is 1.18. The standard InChI is InChI=1S/C12H16FNO3S/c1-9-2-3-10(13)6-11(9)18(16,17)14-7-12(8-15)4-5-12/h2-3,6,14-15H,4-5,7-8H2,1H3. The molecule has 0 spiro atoms. The average Bonchev–Trinajstić information content (AvgIpc) is 3.11. The van der Waals surface area contributed by atoms with E-state index in [1.807, 2.05) is 0 Å². The quantitative estimate of drug-likeness (QED) is 0.846. The van der Waals surface area contributed by atoms with Crippen LogP contribution in [0.5, 0.6) is 0 Å². The number of aryl methyl sites for hydroxylation is 1. The molecule has 0 aliphatic heterocycles. The Hall–Kier alpha value is -0.980. The maximum absolute atomic E-state index is 13.1. The number of nitrogens with one attached hydrogen (secondary N) is 1. The predicted molar refractivity (Wildman–Crippen MR) is 65.1 cm³/mol. The molecular formula is C12H16FNO3S. The Labute approximate surface area is 106 Å². The van der Waals surface area contributed by atoms with E-state index in [0.29, 0.717) is 5.56 Å². The van der Waals surface area contributed by atoms with Crippen molar-refractivity contribution < 1.29 is 17.9 Å². The zero-order valence-electron chi connectivity index (χ0n) is 10.1. The molecule has 0 bridgehead atoms. The molecule has 1 fully saturated rings. The minimum atomic E-state index is -3.72. The van der Waals surface area contributed by atoms with Gasteiger partial charge in [-0.1, -0.05) is 6.07 Å². The summed E-state index contributed by atoms with van der Waals surface area (Å²) in [4.78, 5) is -0.0451. The Kier molecular flexibility index (Phi) is 3.44. The SMILES string of the molecule is Cc1ccc(F)cc1S(=O)(=O)NCC1(CO)CC1. The molecule has 0 aromatic heterocycles. The second-order valence-electron chi connectivity index (χ2n) is 4.89. The van der Waals surface area contributed by atoms with Gasteiger partial charge in [-0.05, 0) is 37.5 Å². The molecule has 2 rings (SSSR count). The lowest BCUT2D eigenvalue weighted by atomic mass is 10.1. The number of halogens is 1. The van der Waals surface area contributed by atoms with Crippen LogP contribution in [-0.2, 0) is 10.0 Å². The first-order valence-electron chi connectivity index (χ1n) is 5.75. The molecule has 100 valence electrons. The summed E-state index contributed by atoms with van der Waals surface area (Å²) in [6.45, 7) is 1.78. The fraction of sp³-hybridized carbons (Fsp3) is 0.500. The summed E-state index contributed by atoms with van der Waals surface area (Å²) < 4.78 is 39.6. The van der Waals surface area contributed by atoms with Gasteiger partial charge in [0, 0.05) is 18.6 Å². The van der Waals surface area contributed by atoms with Crippen LogP contribution in [0.4, 0.5) is 4.39 Å². The number of hydrogen-bond acceptors (Lipinski definition) is 3. The Morgan fingerprint density at radius 3 is 2.67 bits per heavy atom. The molecule has 6 heteroatoms. The van der Waals surface area contributed by atoms with Gasteiger partial charge < -0.3 is 5.11 Å². The maximum atomic E-state index is 13.1. The van der Waals surface area contributed by atoms with E-state index in [9.17, 15) is 12.8 Å². The smallest absolute Gasteiger partial charge is 0.240 e. The summed E-state index contributed by atoms with van der Waals surface area (Å²) in [5, 5.41) is 9.13. The number of aliphatic hydroxyl groups excluding tert-OH is 1. The van der Waals surface area contributed by atoms with Crippen molar-refractivity contribution in [1.82, 2.24) is 4.72 Å². The first-order chi connectivity index (χ1) is 8.38. The van der Waals surface area contributed by atoms with E-state index in [4.69, 9.17) is 5.11 Å². The number of sulfonamides is 1. The number of benzene rings is 1. The molecule has 1 aromatic carbocycles. The third-order valence-electron chi connectivity index (χ3n) is 3.37. The summed E-state index contributed by atoms with van der Waals surface area (Å²) in [5.74, 6) is -0.579. The van der Waals surface area contributed by atoms with Crippen molar-refractivity contribution in [3.63, 3.8) is 0 Å². The number of aliphatic hydroxyl groups is 1. The highest BCUT2D eigenvalue weighted by molar-refractivity contribution is 7.89. The highest BCUT2D eigenvalue weighted by atomic mass is 32.2. The van der Waals surface area contributed by atoms with Gasteiger partial charge in [0.2, 0.25) is 10.0 Å². The van der Waals surface area contributed by atoms with Crippen molar-refractivity contribution in [2.45, 2.75) is 24.7 Å². The molecule has 0 amide bonds. The molecule has 0 saturated heterocycles. The van der Waals surface area contributed by atoms with Gasteiger partial charge in [0.05, 0.1) is 4.90 Å². The fourth-order valence-electron chi connectivity index (χ4n) is 1.76. The fourth-order valence-corrected chi connectivity index (χ4v) is 3.17. The van der Waals surface area contributed by atoms with E-state index in [1.54, 1.807) is 6.92 Å². The Balaban J connectivity index is 2.18. The van der Waals surface area contributed by atoms with E-state index in [0.717, 1.165) is 18.9 Å². The minimum absolute atomic E-state index is 0.0301. The molecule has 2 N–H and O–H groups in total. The summed E-state index contributed by atoms with van der Waals surface area (Å²) >= 11 is 0. The Bertz CT molecular complexity index is 552. The van der Waals surface area contributed by atoms with Crippen molar-refractivity contribution in [2.24, 2.45) is 5.41 Å². The number of rotatable bonds is 5. The van der Waals surface area contributed by atoms with Gasteiger partial charge in [0.25, 0.3) is 0 Å². The third kappa shape index (κ3) is 2.71. The molecule has 1 saturated carbocycles. The summed E-state index contributed by atoms with van der Waals surface area (Å²) in [7, 11) is -3.72. The van der Waals surface area contributed by atoms with Crippen LogP contribution in [0.1, 0.15) is 18.4 Å². The topological polar surface area (TPSA) is 66.4 Å². The van der Waals surface area contributed by atoms with Gasteiger partial charge in [-0.2, -0.15) is 0 Å². The highest BCUT2D eigenvalue weighted by Gasteiger charge is 2.42. The van der Waals surface area contributed by atoms with Gasteiger partial charge in [0.15, 0.2) is 0 Å². The summed E-state index contributed by atoms with van der Waals surface area (Å²) in [6, 6.07) is 3.67. The monoisotopic (exact) mass is 273 g/mol. The van der Waals surface area contributed by atoms with Crippen molar-refractivity contribution in [3.05, 3.63) is 29.6 Å². The lowest BCUT2D eigenvalue weighted by Crippen LogP contribution is -2.32. The van der Waals surface area contributed by atoms with Crippen LogP contribution in [0.15, 0.2) is 23.1 Å².